The largest absolute Gasteiger partial charge is 0.339 e. The molecule has 0 unspecified atom stereocenters. The van der Waals surface area contributed by atoms with Crippen LogP contribution in [0.2, 0.25) is 5.02 Å². The Morgan fingerprint density at radius 3 is 2.64 bits per heavy atom. The summed E-state index contributed by atoms with van der Waals surface area (Å²) in [4.78, 5) is 16.6. The van der Waals surface area contributed by atoms with Gasteiger partial charge in [0, 0.05) is 35.7 Å². The Hall–Kier alpha value is -2.41. The van der Waals surface area contributed by atoms with Crippen LogP contribution < -0.4 is 10.6 Å². The molecule has 0 fully saturated rings. The third kappa shape index (κ3) is 6.05. The summed E-state index contributed by atoms with van der Waals surface area (Å²) in [6, 6.07) is 14.9. The molecule has 8 heteroatoms. The van der Waals surface area contributed by atoms with Gasteiger partial charge in [-0.25, -0.2) is 0 Å². The summed E-state index contributed by atoms with van der Waals surface area (Å²) in [5, 5.41) is 10.8. The van der Waals surface area contributed by atoms with E-state index in [-0.39, 0.29) is 24.7 Å². The smallest absolute Gasteiger partial charge is 0.227 e. The predicted octanol–water partition coefficient (Wildman–Crippen LogP) is 4.49. The summed E-state index contributed by atoms with van der Waals surface area (Å²) in [5.41, 5.74) is 2.68. The summed E-state index contributed by atoms with van der Waals surface area (Å²) in [6.07, 6.45) is 0.638. The second-order valence-corrected chi connectivity index (χ2v) is 6.44. The van der Waals surface area contributed by atoms with Crippen molar-refractivity contribution in [3.63, 3.8) is 0 Å². The highest BCUT2D eigenvalue weighted by Crippen LogP contribution is 2.19. The van der Waals surface area contributed by atoms with Gasteiger partial charge in [0.25, 0.3) is 0 Å². The van der Waals surface area contributed by atoms with Crippen LogP contribution in [0.1, 0.15) is 24.8 Å². The minimum Gasteiger partial charge on any atom is -0.339 e. The maximum Gasteiger partial charge on any atom is 0.227 e. The highest BCUT2D eigenvalue weighted by molar-refractivity contribution is 6.30. The van der Waals surface area contributed by atoms with Crippen LogP contribution in [0.4, 0.5) is 5.69 Å². The van der Waals surface area contributed by atoms with Crippen LogP contribution in [-0.2, 0) is 17.8 Å². The second kappa shape index (κ2) is 10.8. The summed E-state index contributed by atoms with van der Waals surface area (Å²) < 4.78 is 5.24. The van der Waals surface area contributed by atoms with Crippen molar-refractivity contribution in [1.82, 2.24) is 15.5 Å². The lowest BCUT2D eigenvalue weighted by Gasteiger charge is -2.11. The van der Waals surface area contributed by atoms with Gasteiger partial charge in [-0.2, -0.15) is 4.98 Å². The summed E-state index contributed by atoms with van der Waals surface area (Å²) in [6.45, 7) is 3.63. The van der Waals surface area contributed by atoms with Gasteiger partial charge in [0.15, 0.2) is 0 Å². The Bertz CT molecular complexity index is 897. The number of carbonyl (C=O) groups is 1. The van der Waals surface area contributed by atoms with E-state index in [0.717, 1.165) is 23.4 Å². The number of amides is 1. The lowest BCUT2D eigenvalue weighted by molar-refractivity contribution is -0.116. The molecule has 0 aliphatic rings. The van der Waals surface area contributed by atoms with E-state index in [2.05, 4.69) is 20.8 Å². The average molecular weight is 421 g/mol. The van der Waals surface area contributed by atoms with Gasteiger partial charge in [0.05, 0.1) is 0 Å². The minimum absolute atomic E-state index is 0. The fraction of sp³-hybridized carbons (Fsp3) is 0.250. The summed E-state index contributed by atoms with van der Waals surface area (Å²) >= 11 is 5.88. The lowest BCUT2D eigenvalue weighted by atomic mass is 10.1. The van der Waals surface area contributed by atoms with Crippen LogP contribution >= 0.6 is 24.0 Å². The molecule has 1 aromatic heterocycles. The standard InChI is InChI=1S/C20H21ClN4O2.ClH/c1-2-22-13-15-5-3-4-6-17(15)23-18(26)11-12-19-24-20(25-27-19)14-7-9-16(21)10-8-14;/h3-10,22H,2,11-13H2,1H3,(H,23,26);1H. The third-order valence-corrected chi connectivity index (χ3v) is 4.25. The number of nitrogens with zero attached hydrogens (tertiary/aromatic N) is 2. The zero-order valence-electron chi connectivity index (χ0n) is 15.4. The first-order valence-corrected chi connectivity index (χ1v) is 9.20. The van der Waals surface area contributed by atoms with Crippen LogP contribution in [0.3, 0.4) is 0 Å². The quantitative estimate of drug-likeness (QED) is 0.560. The third-order valence-electron chi connectivity index (χ3n) is 3.99. The van der Waals surface area contributed by atoms with Crippen LogP contribution in [0.25, 0.3) is 11.4 Å². The average Bonchev–Trinajstić information content (AvgIpc) is 3.15. The van der Waals surface area contributed by atoms with Crippen molar-refractivity contribution < 1.29 is 9.32 Å². The number of rotatable bonds is 8. The highest BCUT2D eigenvalue weighted by atomic mass is 35.5. The molecule has 2 aromatic carbocycles. The first-order valence-electron chi connectivity index (χ1n) is 8.82. The molecule has 1 heterocycles. The number of hydrogen-bond acceptors (Lipinski definition) is 5. The molecule has 3 rings (SSSR count). The summed E-state index contributed by atoms with van der Waals surface area (Å²) in [5.74, 6) is 0.819. The Morgan fingerprint density at radius 2 is 1.89 bits per heavy atom. The maximum atomic E-state index is 12.3. The van der Waals surface area contributed by atoms with Gasteiger partial charge in [-0.3, -0.25) is 4.79 Å². The second-order valence-electron chi connectivity index (χ2n) is 6.00. The molecule has 0 aliphatic heterocycles. The van der Waals surface area contributed by atoms with Gasteiger partial charge in [0.1, 0.15) is 0 Å². The van der Waals surface area contributed by atoms with Gasteiger partial charge in [-0.15, -0.1) is 12.4 Å². The molecular formula is C20H22Cl2N4O2. The number of para-hydroxylation sites is 1. The van der Waals surface area contributed by atoms with E-state index in [4.69, 9.17) is 16.1 Å². The molecule has 0 saturated carbocycles. The molecule has 0 aliphatic carbocycles. The number of hydrogen-bond donors (Lipinski definition) is 2. The molecule has 1 amide bonds. The number of halogens is 2. The number of benzene rings is 2. The van der Waals surface area contributed by atoms with Gasteiger partial charge >= 0.3 is 0 Å². The number of aromatic nitrogens is 2. The Balaban J connectivity index is 0.00000280. The van der Waals surface area contributed by atoms with Gasteiger partial charge in [-0.1, -0.05) is 41.9 Å². The molecule has 0 spiro atoms. The minimum atomic E-state index is -0.0924. The zero-order chi connectivity index (χ0) is 19.1. The van der Waals surface area contributed by atoms with Crippen LogP contribution in [-0.4, -0.2) is 22.6 Å². The zero-order valence-corrected chi connectivity index (χ0v) is 17.0. The van der Waals surface area contributed by atoms with E-state index < -0.39 is 0 Å². The molecule has 28 heavy (non-hydrogen) atoms. The molecule has 2 N–H and O–H groups in total. The van der Waals surface area contributed by atoms with Crippen molar-refractivity contribution in [3.8, 4) is 11.4 Å². The van der Waals surface area contributed by atoms with Crippen molar-refractivity contribution in [2.24, 2.45) is 0 Å². The fourth-order valence-electron chi connectivity index (χ4n) is 2.56. The van der Waals surface area contributed by atoms with Crippen LogP contribution in [0.5, 0.6) is 0 Å². The maximum absolute atomic E-state index is 12.3. The number of anilines is 1. The first kappa shape index (κ1) is 21.9. The Kier molecular flexibility index (Phi) is 8.44. The SMILES string of the molecule is CCNCc1ccccc1NC(=O)CCc1nc(-c2ccc(Cl)cc2)no1.Cl. The lowest BCUT2D eigenvalue weighted by Crippen LogP contribution is -2.17. The molecule has 0 bridgehead atoms. The van der Waals surface area contributed by atoms with Crippen molar-refractivity contribution in [3.05, 3.63) is 65.0 Å². The Morgan fingerprint density at radius 1 is 1.14 bits per heavy atom. The number of nitrogens with one attached hydrogen (secondary N) is 2. The topological polar surface area (TPSA) is 80.0 Å². The number of aryl methyl sites for hydroxylation is 1. The molecular weight excluding hydrogens is 399 g/mol. The van der Waals surface area contributed by atoms with Crippen molar-refractivity contribution >= 4 is 35.6 Å². The summed E-state index contributed by atoms with van der Waals surface area (Å²) in [7, 11) is 0. The molecule has 0 atom stereocenters. The van der Waals surface area contributed by atoms with Gasteiger partial charge in [0.2, 0.25) is 17.6 Å². The number of carbonyl (C=O) groups excluding carboxylic acids is 1. The van der Waals surface area contributed by atoms with E-state index in [1.165, 1.54) is 0 Å². The first-order chi connectivity index (χ1) is 13.2. The van der Waals surface area contributed by atoms with Crippen LogP contribution in [0, 0.1) is 0 Å². The molecule has 3 aromatic rings. The Labute approximate surface area is 175 Å². The van der Waals surface area contributed by atoms with E-state index in [9.17, 15) is 4.79 Å². The van der Waals surface area contributed by atoms with Crippen molar-refractivity contribution in [1.29, 1.82) is 0 Å². The van der Waals surface area contributed by atoms with Gasteiger partial charge in [-0.05, 0) is 42.4 Å². The predicted molar refractivity (Wildman–Crippen MR) is 113 cm³/mol. The van der Waals surface area contributed by atoms with Crippen LogP contribution in [0.15, 0.2) is 53.1 Å². The van der Waals surface area contributed by atoms with Crippen molar-refractivity contribution in [2.75, 3.05) is 11.9 Å². The van der Waals surface area contributed by atoms with E-state index in [1.54, 1.807) is 12.1 Å². The molecule has 148 valence electrons. The monoisotopic (exact) mass is 420 g/mol. The normalized spacial score (nSPS) is 10.4. The highest BCUT2D eigenvalue weighted by Gasteiger charge is 2.12. The molecule has 6 nitrogen and oxygen atoms in total. The van der Waals surface area contributed by atoms with E-state index in [1.807, 2.05) is 43.3 Å². The molecule has 0 radical (unpaired) electrons. The van der Waals surface area contributed by atoms with Gasteiger partial charge < -0.3 is 15.2 Å². The van der Waals surface area contributed by atoms with E-state index >= 15 is 0 Å². The van der Waals surface area contributed by atoms with E-state index in [0.29, 0.717) is 29.7 Å². The van der Waals surface area contributed by atoms with Crippen molar-refractivity contribution in [2.45, 2.75) is 26.3 Å². The molecule has 0 saturated heterocycles. The fourth-order valence-corrected chi connectivity index (χ4v) is 2.69.